The number of halogens is 13. The predicted molar refractivity (Wildman–Crippen MR) is 110 cm³/mol. The Morgan fingerprint density at radius 3 is 1.89 bits per heavy atom. The minimum absolute atomic E-state index is 0.00930. The van der Waals surface area contributed by atoms with Crippen LogP contribution in [0.25, 0.3) is 5.83 Å². The molecule has 0 saturated carbocycles. The average molecular weight is 573 g/mol. The third-order valence-electron chi connectivity index (χ3n) is 4.98. The summed E-state index contributed by atoms with van der Waals surface area (Å²) in [5.41, 5.74) is -4.91. The quantitative estimate of drug-likeness (QED) is 0.191. The number of hydrogen-bond acceptors (Lipinski definition) is 1. The van der Waals surface area contributed by atoms with Gasteiger partial charge in [0.25, 0.3) is 0 Å². The van der Waals surface area contributed by atoms with E-state index >= 15 is 0 Å². The van der Waals surface area contributed by atoms with Crippen LogP contribution in [0.2, 0.25) is 10.0 Å². The predicted octanol–water partition coefficient (Wildman–Crippen LogP) is 9.58. The normalized spacial score (nSPS) is 15.1. The van der Waals surface area contributed by atoms with E-state index in [1.165, 1.54) is 0 Å². The molecule has 2 atom stereocenters. The molecule has 0 heterocycles. The van der Waals surface area contributed by atoms with E-state index in [-0.39, 0.29) is 12.1 Å². The lowest BCUT2D eigenvalue weighted by Gasteiger charge is -2.19. The number of Topliss-reactive ketones (excluding diaryl/α,β-unsaturated/α-hetero) is 1. The van der Waals surface area contributed by atoms with Crippen molar-refractivity contribution in [3.8, 4) is 0 Å². The minimum Gasteiger partial charge on any atom is -0.294 e. The summed E-state index contributed by atoms with van der Waals surface area (Å²) in [6.45, 7) is 0.577. The highest BCUT2D eigenvalue weighted by Crippen LogP contribution is 2.42. The molecule has 0 aliphatic carbocycles. The summed E-state index contributed by atoms with van der Waals surface area (Å²) < 4.78 is 148. The number of hydrogen-bond donors (Lipinski definition) is 0. The van der Waals surface area contributed by atoms with Gasteiger partial charge in [-0.05, 0) is 29.8 Å². The van der Waals surface area contributed by atoms with Crippen LogP contribution in [0.4, 0.5) is 48.3 Å². The van der Waals surface area contributed by atoms with E-state index in [9.17, 15) is 53.1 Å². The van der Waals surface area contributed by atoms with E-state index in [4.69, 9.17) is 23.2 Å². The first-order valence-electron chi connectivity index (χ1n) is 9.63. The molecule has 0 aromatic heterocycles. The van der Waals surface area contributed by atoms with E-state index in [1.54, 1.807) is 0 Å². The van der Waals surface area contributed by atoms with Gasteiger partial charge in [0.05, 0.1) is 21.5 Å². The molecule has 2 aromatic carbocycles. The minimum atomic E-state index is -5.36. The Bertz CT molecular complexity index is 1140. The van der Waals surface area contributed by atoms with E-state index in [1.807, 2.05) is 0 Å². The van der Waals surface area contributed by atoms with Crippen molar-refractivity contribution >= 4 is 34.8 Å². The molecule has 0 bridgehead atoms. The third-order valence-corrected chi connectivity index (χ3v) is 5.53. The first-order chi connectivity index (χ1) is 16.2. The molecule has 2 aromatic rings. The number of alkyl halides is 9. The summed E-state index contributed by atoms with van der Waals surface area (Å²) in [4.78, 5) is 12.1. The molecule has 1 nitrogen and oxygen atoms in total. The zero-order chi connectivity index (χ0) is 27.8. The Balaban J connectivity index is 2.57. The van der Waals surface area contributed by atoms with Crippen molar-refractivity contribution in [2.75, 3.05) is 0 Å². The molecule has 0 aliphatic rings. The molecule has 0 saturated heterocycles. The third kappa shape index (κ3) is 7.12. The summed E-state index contributed by atoms with van der Waals surface area (Å²) in [6, 6.07) is 1.93. The van der Waals surface area contributed by atoms with Crippen molar-refractivity contribution in [3.63, 3.8) is 0 Å². The van der Waals surface area contributed by atoms with E-state index in [0.29, 0.717) is 31.2 Å². The monoisotopic (exact) mass is 572 g/mol. The van der Waals surface area contributed by atoms with E-state index in [2.05, 4.69) is 0 Å². The highest BCUT2D eigenvalue weighted by molar-refractivity contribution is 6.35. The van der Waals surface area contributed by atoms with Gasteiger partial charge in [-0.3, -0.25) is 4.79 Å². The van der Waals surface area contributed by atoms with Gasteiger partial charge in [-0.1, -0.05) is 42.3 Å². The molecule has 2 rings (SSSR count). The topological polar surface area (TPSA) is 17.1 Å². The zero-order valence-electron chi connectivity index (χ0n) is 17.6. The van der Waals surface area contributed by atoms with E-state index in [0.717, 1.165) is 0 Å². The molecule has 198 valence electrons. The molecule has 0 aliphatic heterocycles. The molecule has 0 radical (unpaired) electrons. The summed E-state index contributed by atoms with van der Waals surface area (Å²) in [5, 5.41) is -1.65. The average Bonchev–Trinajstić information content (AvgIpc) is 2.72. The highest BCUT2D eigenvalue weighted by atomic mass is 35.5. The van der Waals surface area contributed by atoms with Gasteiger partial charge in [-0.15, -0.1) is 0 Å². The fourth-order valence-electron chi connectivity index (χ4n) is 3.05. The van der Waals surface area contributed by atoms with Gasteiger partial charge < -0.3 is 0 Å². The molecule has 36 heavy (non-hydrogen) atoms. The first kappa shape index (κ1) is 29.9. The molecule has 0 spiro atoms. The Morgan fingerprint density at radius 2 is 1.44 bits per heavy atom. The number of ketones is 1. The lowest BCUT2D eigenvalue weighted by atomic mass is 9.92. The van der Waals surface area contributed by atoms with Crippen LogP contribution < -0.4 is 0 Å². The molecule has 0 amide bonds. The molecule has 0 N–H and O–H groups in total. The lowest BCUT2D eigenvalue weighted by Crippen LogP contribution is -2.24. The summed E-state index contributed by atoms with van der Waals surface area (Å²) in [7, 11) is 0. The van der Waals surface area contributed by atoms with Crippen LogP contribution in [-0.2, 0) is 6.18 Å². The Labute approximate surface area is 206 Å². The van der Waals surface area contributed by atoms with Crippen LogP contribution in [0.3, 0.4) is 0 Å². The van der Waals surface area contributed by atoms with Gasteiger partial charge in [0.1, 0.15) is 11.7 Å². The Hall–Kier alpha value is -2.34. The fraction of sp³-hybridized carbons (Fsp3) is 0.318. The maximum absolute atomic E-state index is 14.8. The standard InChI is InChI=1S/C22H13Cl2F11O/c1-9(20(27,28)29)4-18(36)12-3-2-10(5-14(12)22(33,34)35)17(25)8-13(21(30,31)32)11-6-15(23)19(26)16(24)7-11/h2-3,5-9,13H,4H2,1H3/b17-8-. The van der Waals surface area contributed by atoms with Crippen LogP contribution in [0.15, 0.2) is 36.4 Å². The van der Waals surface area contributed by atoms with Crippen LogP contribution in [0.5, 0.6) is 0 Å². The summed E-state index contributed by atoms with van der Waals surface area (Å²) >= 11 is 11.0. The van der Waals surface area contributed by atoms with Gasteiger partial charge in [0, 0.05) is 17.5 Å². The molecule has 14 heteroatoms. The second-order valence-electron chi connectivity index (χ2n) is 7.66. The van der Waals surface area contributed by atoms with Gasteiger partial charge >= 0.3 is 18.5 Å². The molecule has 2 unspecified atom stereocenters. The van der Waals surface area contributed by atoms with Crippen LogP contribution >= 0.6 is 23.2 Å². The van der Waals surface area contributed by atoms with Crippen molar-refractivity contribution in [2.45, 2.75) is 37.8 Å². The molecule has 0 fully saturated rings. The van der Waals surface area contributed by atoms with Crippen LogP contribution in [0, 0.1) is 11.7 Å². The number of carbonyl (C=O) groups excluding carboxylic acids is 1. The number of rotatable bonds is 6. The molecular weight excluding hydrogens is 560 g/mol. The zero-order valence-corrected chi connectivity index (χ0v) is 19.2. The van der Waals surface area contributed by atoms with Crippen LogP contribution in [0.1, 0.15) is 46.3 Å². The van der Waals surface area contributed by atoms with Gasteiger partial charge in [-0.2, -0.15) is 39.5 Å². The van der Waals surface area contributed by atoms with Gasteiger partial charge in [0.2, 0.25) is 0 Å². The lowest BCUT2D eigenvalue weighted by molar-refractivity contribution is -0.168. The highest BCUT2D eigenvalue weighted by Gasteiger charge is 2.42. The van der Waals surface area contributed by atoms with Gasteiger partial charge in [-0.25, -0.2) is 8.78 Å². The largest absolute Gasteiger partial charge is 0.417 e. The van der Waals surface area contributed by atoms with Crippen molar-refractivity contribution in [1.29, 1.82) is 0 Å². The molecular formula is C22H13Cl2F11O. The second-order valence-corrected chi connectivity index (χ2v) is 8.47. The van der Waals surface area contributed by atoms with Crippen molar-refractivity contribution < 1.29 is 53.1 Å². The fourth-order valence-corrected chi connectivity index (χ4v) is 3.56. The van der Waals surface area contributed by atoms with Gasteiger partial charge in [0.15, 0.2) is 11.6 Å². The number of benzene rings is 2. The second kappa shape index (κ2) is 10.6. The maximum atomic E-state index is 14.8. The van der Waals surface area contributed by atoms with E-state index < -0.39 is 86.5 Å². The van der Waals surface area contributed by atoms with Crippen molar-refractivity contribution in [2.24, 2.45) is 5.92 Å². The smallest absolute Gasteiger partial charge is 0.294 e. The number of carbonyl (C=O) groups is 1. The maximum Gasteiger partial charge on any atom is 0.417 e. The summed E-state index contributed by atoms with van der Waals surface area (Å²) in [5.74, 6) is -9.73. The Kier molecular flexibility index (Phi) is 8.77. The first-order valence-corrected chi connectivity index (χ1v) is 10.4. The summed E-state index contributed by atoms with van der Waals surface area (Å²) in [6.07, 6.45) is -16.9. The Morgan fingerprint density at radius 1 is 0.917 bits per heavy atom. The van der Waals surface area contributed by atoms with Crippen molar-refractivity contribution in [1.82, 2.24) is 0 Å². The van der Waals surface area contributed by atoms with Crippen molar-refractivity contribution in [3.05, 3.63) is 74.5 Å². The van der Waals surface area contributed by atoms with Crippen LogP contribution in [-0.4, -0.2) is 18.1 Å². The number of allylic oxidation sites excluding steroid dienone is 1. The SMILES string of the molecule is CC(CC(=O)c1ccc(/C(F)=C/C(c2cc(Cl)c(F)c(Cl)c2)C(F)(F)F)cc1C(F)(F)F)C(F)(F)F.